The van der Waals surface area contributed by atoms with Gasteiger partial charge < -0.3 is 20.5 Å². The van der Waals surface area contributed by atoms with Crippen LogP contribution in [0.4, 0.5) is 5.13 Å². The van der Waals surface area contributed by atoms with Crippen LogP contribution < -0.4 is 25.4 Å². The average molecular weight is 617 g/mol. The fourth-order valence-corrected chi connectivity index (χ4v) is 7.11. The molecule has 10 nitrogen and oxygen atoms in total. The number of amides is 1. The molecule has 0 radical (unpaired) electrons. The zero-order chi connectivity index (χ0) is 30.5. The zero-order valence-electron chi connectivity index (χ0n) is 24.2. The number of Topliss-reactive ketones (excluding diaryl/α,β-unsaturated/α-hetero) is 1. The van der Waals surface area contributed by atoms with Gasteiger partial charge in [0.05, 0.1) is 37.5 Å². The van der Waals surface area contributed by atoms with E-state index >= 15 is 0 Å². The summed E-state index contributed by atoms with van der Waals surface area (Å²) in [5.74, 6) is 1.08. The summed E-state index contributed by atoms with van der Waals surface area (Å²) in [6, 6.07) is 15.8. The van der Waals surface area contributed by atoms with E-state index in [1.807, 2.05) is 49.4 Å². The minimum atomic E-state index is -0.520. The van der Waals surface area contributed by atoms with Crippen molar-refractivity contribution in [3.8, 4) is 17.6 Å². The van der Waals surface area contributed by atoms with E-state index in [1.165, 1.54) is 23.1 Å². The SMILES string of the molecule is COc1ccc(CCNC(=O)CSc2nnc(N3C(N)=C(C#N)C(c4cccc(C)c4)C4=C3CCCC4=O)s2)cc1OC. The van der Waals surface area contributed by atoms with Crippen LogP contribution in [-0.2, 0) is 16.0 Å². The van der Waals surface area contributed by atoms with Crippen molar-refractivity contribution in [1.82, 2.24) is 15.5 Å². The monoisotopic (exact) mass is 616 g/mol. The van der Waals surface area contributed by atoms with Crippen LogP contribution in [0.15, 0.2) is 69.5 Å². The Morgan fingerprint density at radius 2 is 2.00 bits per heavy atom. The maximum absolute atomic E-state index is 13.3. The number of hydrogen-bond acceptors (Lipinski definition) is 11. The molecule has 2 aromatic carbocycles. The third-order valence-corrected chi connectivity index (χ3v) is 9.43. The van der Waals surface area contributed by atoms with Gasteiger partial charge in [-0.3, -0.25) is 14.5 Å². The van der Waals surface area contributed by atoms with Gasteiger partial charge in [-0.15, -0.1) is 10.2 Å². The third kappa shape index (κ3) is 6.38. The molecule has 1 unspecified atom stereocenters. The standard InChI is InChI=1S/C31H32N6O4S2/c1-18-6-4-7-20(14-18)27-21(16-32)29(33)37(22-8-5-9-23(38)28(22)27)30-35-36-31(43-30)42-17-26(39)34-13-12-19-10-11-24(40-2)25(15-19)41-3/h4,6-7,10-11,14-15,27H,5,8-9,12-13,17,33H2,1-3H3,(H,34,39). The number of allylic oxidation sites excluding steroid dienone is 3. The predicted molar refractivity (Wildman–Crippen MR) is 166 cm³/mol. The van der Waals surface area contributed by atoms with Crippen molar-refractivity contribution in [2.45, 2.75) is 42.9 Å². The first-order chi connectivity index (χ1) is 20.8. The molecule has 0 spiro atoms. The number of ether oxygens (including phenoxy) is 2. The van der Waals surface area contributed by atoms with E-state index in [1.54, 1.807) is 19.1 Å². The second kappa shape index (κ2) is 13.3. The molecule has 5 rings (SSSR count). The summed E-state index contributed by atoms with van der Waals surface area (Å²) >= 11 is 2.55. The van der Waals surface area contributed by atoms with Crippen LogP contribution in [0.5, 0.6) is 11.5 Å². The summed E-state index contributed by atoms with van der Waals surface area (Å²) in [6.07, 6.45) is 2.38. The number of aromatic nitrogens is 2. The van der Waals surface area contributed by atoms with Crippen LogP contribution in [-0.4, -0.2) is 48.4 Å². The lowest BCUT2D eigenvalue weighted by Crippen LogP contribution is -2.38. The number of nitrogens with zero attached hydrogens (tertiary/aromatic N) is 4. The summed E-state index contributed by atoms with van der Waals surface area (Å²) in [7, 11) is 3.18. The summed E-state index contributed by atoms with van der Waals surface area (Å²) in [4.78, 5) is 27.6. The number of anilines is 1. The first-order valence-electron chi connectivity index (χ1n) is 13.8. The molecule has 12 heteroatoms. The molecule has 0 saturated heterocycles. The van der Waals surface area contributed by atoms with Gasteiger partial charge >= 0.3 is 0 Å². The van der Waals surface area contributed by atoms with E-state index in [4.69, 9.17) is 15.2 Å². The lowest BCUT2D eigenvalue weighted by molar-refractivity contribution is -0.118. The molecule has 0 fully saturated rings. The first kappa shape index (κ1) is 30.1. The second-order valence-corrected chi connectivity index (χ2v) is 12.3. The number of nitrogens with two attached hydrogens (primary N) is 1. The summed E-state index contributed by atoms with van der Waals surface area (Å²) < 4.78 is 11.2. The van der Waals surface area contributed by atoms with E-state index in [0.717, 1.165) is 22.4 Å². The van der Waals surface area contributed by atoms with Gasteiger partial charge in [0.2, 0.25) is 11.0 Å². The number of nitriles is 1. The minimum absolute atomic E-state index is 0.0156. The topological polar surface area (TPSA) is 143 Å². The molecule has 0 saturated carbocycles. The van der Waals surface area contributed by atoms with Gasteiger partial charge in [-0.1, -0.05) is 59.0 Å². The Morgan fingerprint density at radius 3 is 2.74 bits per heavy atom. The van der Waals surface area contributed by atoms with Gasteiger partial charge in [-0.25, -0.2) is 0 Å². The number of aryl methyl sites for hydroxylation is 1. The summed E-state index contributed by atoms with van der Waals surface area (Å²) in [5.41, 5.74) is 11.2. The quantitative estimate of drug-likeness (QED) is 0.310. The fourth-order valence-electron chi connectivity index (χ4n) is 5.40. The first-order valence-corrected chi connectivity index (χ1v) is 15.6. The van der Waals surface area contributed by atoms with Crippen LogP contribution in [0.25, 0.3) is 0 Å². The average Bonchev–Trinajstić information content (AvgIpc) is 3.48. The van der Waals surface area contributed by atoms with Crippen molar-refractivity contribution in [2.75, 3.05) is 31.4 Å². The number of benzene rings is 2. The number of carbonyl (C=O) groups is 2. The number of methoxy groups -OCH3 is 2. The van der Waals surface area contributed by atoms with Gasteiger partial charge in [-0.2, -0.15) is 5.26 Å². The van der Waals surface area contributed by atoms with Gasteiger partial charge in [0.25, 0.3) is 0 Å². The van der Waals surface area contributed by atoms with Crippen molar-refractivity contribution in [3.63, 3.8) is 0 Å². The molecule has 1 amide bonds. The maximum Gasteiger partial charge on any atom is 0.230 e. The van der Waals surface area contributed by atoms with E-state index in [9.17, 15) is 14.9 Å². The number of rotatable bonds is 10. The smallest absolute Gasteiger partial charge is 0.230 e. The Bertz CT molecular complexity index is 1660. The number of carbonyl (C=O) groups excluding carboxylic acids is 2. The molecular weight excluding hydrogens is 585 g/mol. The number of nitrogens with one attached hydrogen (secondary N) is 1. The van der Waals surface area contributed by atoms with Crippen LogP contribution in [0.1, 0.15) is 41.9 Å². The fraction of sp³-hybridized carbons (Fsp3) is 0.323. The Kier molecular flexibility index (Phi) is 9.33. The Balaban J connectivity index is 1.28. The molecule has 1 aromatic heterocycles. The highest BCUT2D eigenvalue weighted by Gasteiger charge is 2.41. The molecule has 1 aliphatic carbocycles. The van der Waals surface area contributed by atoms with Gasteiger partial charge in [-0.05, 0) is 49.4 Å². The Hall–Kier alpha value is -4.34. The van der Waals surface area contributed by atoms with Gasteiger partial charge in [0.1, 0.15) is 5.82 Å². The van der Waals surface area contributed by atoms with Gasteiger partial charge in [0.15, 0.2) is 21.6 Å². The van der Waals surface area contributed by atoms with Crippen molar-refractivity contribution in [2.24, 2.45) is 5.73 Å². The number of thioether (sulfide) groups is 1. The van der Waals surface area contributed by atoms with Crippen LogP contribution >= 0.6 is 23.1 Å². The molecule has 3 aromatic rings. The highest BCUT2D eigenvalue weighted by molar-refractivity contribution is 8.01. The molecule has 1 atom stereocenters. The Morgan fingerprint density at radius 1 is 1.19 bits per heavy atom. The summed E-state index contributed by atoms with van der Waals surface area (Å²) in [6.45, 7) is 2.45. The van der Waals surface area contributed by atoms with Gasteiger partial charge in [0, 0.05) is 24.2 Å². The molecular formula is C31H32N6O4S2. The highest BCUT2D eigenvalue weighted by atomic mass is 32.2. The van der Waals surface area contributed by atoms with E-state index in [0.29, 0.717) is 64.3 Å². The predicted octanol–water partition coefficient (Wildman–Crippen LogP) is 4.62. The molecule has 0 bridgehead atoms. The van der Waals surface area contributed by atoms with Crippen LogP contribution in [0.3, 0.4) is 0 Å². The molecule has 2 heterocycles. The van der Waals surface area contributed by atoms with Crippen LogP contribution in [0, 0.1) is 18.3 Å². The molecule has 43 heavy (non-hydrogen) atoms. The largest absolute Gasteiger partial charge is 0.493 e. The van der Waals surface area contributed by atoms with Crippen LogP contribution in [0.2, 0.25) is 0 Å². The molecule has 1 aliphatic heterocycles. The zero-order valence-corrected chi connectivity index (χ0v) is 25.8. The Labute approximate surface area is 258 Å². The molecule has 222 valence electrons. The number of hydrogen-bond donors (Lipinski definition) is 2. The maximum atomic E-state index is 13.3. The third-order valence-electron chi connectivity index (χ3n) is 7.39. The molecule has 2 aliphatic rings. The minimum Gasteiger partial charge on any atom is -0.493 e. The number of ketones is 1. The van der Waals surface area contributed by atoms with Crippen molar-refractivity contribution in [1.29, 1.82) is 5.26 Å². The van der Waals surface area contributed by atoms with Crippen molar-refractivity contribution < 1.29 is 19.1 Å². The lowest BCUT2D eigenvalue weighted by Gasteiger charge is -2.38. The van der Waals surface area contributed by atoms with E-state index < -0.39 is 5.92 Å². The molecule has 3 N–H and O–H groups in total. The lowest BCUT2D eigenvalue weighted by atomic mass is 9.75. The highest BCUT2D eigenvalue weighted by Crippen LogP contribution is 2.47. The van der Waals surface area contributed by atoms with E-state index in [-0.39, 0.29) is 23.3 Å². The van der Waals surface area contributed by atoms with Crippen molar-refractivity contribution in [3.05, 3.63) is 81.8 Å². The van der Waals surface area contributed by atoms with E-state index in [2.05, 4.69) is 21.6 Å². The summed E-state index contributed by atoms with van der Waals surface area (Å²) in [5, 5.41) is 22.2. The van der Waals surface area contributed by atoms with Crippen molar-refractivity contribution >= 4 is 39.9 Å². The second-order valence-electron chi connectivity index (χ2n) is 10.2. The normalized spacial score (nSPS) is 16.6.